The van der Waals surface area contributed by atoms with Crippen LogP contribution in [0.5, 0.6) is 11.5 Å². The first kappa shape index (κ1) is 23.1. The second-order valence-corrected chi connectivity index (χ2v) is 8.23. The number of ether oxygens (including phenoxy) is 2. The molecule has 162 valence electrons. The van der Waals surface area contributed by atoms with Gasteiger partial charge in [-0.25, -0.2) is 0 Å². The zero-order valence-electron chi connectivity index (χ0n) is 18.1. The van der Waals surface area contributed by atoms with Crippen molar-refractivity contribution in [1.29, 1.82) is 5.26 Å². The second-order valence-electron chi connectivity index (χ2n) is 7.32. The van der Waals surface area contributed by atoms with Crippen LogP contribution in [0, 0.1) is 25.2 Å². The molecule has 0 atom stereocenters. The number of nitrogens with one attached hydrogen (secondary N) is 1. The third-order valence-electron chi connectivity index (χ3n) is 4.66. The molecule has 0 aliphatic carbocycles. The minimum atomic E-state index is -0.502. The molecule has 0 radical (unpaired) electrons. The number of benzene rings is 3. The number of aryl methyl sites for hydroxylation is 2. The van der Waals surface area contributed by atoms with Gasteiger partial charge in [0.1, 0.15) is 29.7 Å². The quantitative estimate of drug-likeness (QED) is 0.316. The highest BCUT2D eigenvalue weighted by Gasteiger charge is 2.12. The van der Waals surface area contributed by atoms with E-state index >= 15 is 0 Å². The molecule has 1 amide bonds. The summed E-state index contributed by atoms with van der Waals surface area (Å²) in [4.78, 5) is 12.7. The van der Waals surface area contributed by atoms with Gasteiger partial charge in [0.05, 0.1) is 7.11 Å². The van der Waals surface area contributed by atoms with Gasteiger partial charge in [-0.15, -0.1) is 0 Å². The smallest absolute Gasteiger partial charge is 0.266 e. The highest BCUT2D eigenvalue weighted by molar-refractivity contribution is 9.10. The topological polar surface area (TPSA) is 71.3 Å². The molecule has 0 unspecified atom stereocenters. The van der Waals surface area contributed by atoms with Gasteiger partial charge in [-0.05, 0) is 68.0 Å². The number of methoxy groups -OCH3 is 1. The van der Waals surface area contributed by atoms with E-state index in [0.717, 1.165) is 10.0 Å². The number of hydrogen-bond acceptors (Lipinski definition) is 4. The Morgan fingerprint density at radius 3 is 2.38 bits per heavy atom. The number of halogens is 1. The van der Waals surface area contributed by atoms with Crippen molar-refractivity contribution in [2.45, 2.75) is 20.5 Å². The molecule has 5 nitrogen and oxygen atoms in total. The van der Waals surface area contributed by atoms with Gasteiger partial charge < -0.3 is 14.8 Å². The summed E-state index contributed by atoms with van der Waals surface area (Å²) in [6, 6.07) is 20.6. The fourth-order valence-corrected chi connectivity index (χ4v) is 3.63. The Morgan fingerprint density at radius 2 is 1.75 bits per heavy atom. The fraction of sp³-hybridized carbons (Fsp3) is 0.154. The van der Waals surface area contributed by atoms with Crippen LogP contribution >= 0.6 is 15.9 Å². The molecular weight excluding hydrogens is 468 g/mol. The summed E-state index contributed by atoms with van der Waals surface area (Å²) in [7, 11) is 1.57. The molecular formula is C26H23BrN2O3. The highest BCUT2D eigenvalue weighted by Crippen LogP contribution is 2.27. The minimum absolute atomic E-state index is 0.0323. The summed E-state index contributed by atoms with van der Waals surface area (Å²) in [5.41, 5.74) is 4.55. The summed E-state index contributed by atoms with van der Waals surface area (Å²) in [6.07, 6.45) is 1.53. The summed E-state index contributed by atoms with van der Waals surface area (Å²) in [6.45, 7) is 4.47. The lowest BCUT2D eigenvalue weighted by atomic mass is 10.1. The SMILES string of the molecule is COc1ccc(NC(=O)/C(C#N)=C/c2cc(Br)ccc2OCc2cc(C)cc(C)c2)cc1. The lowest BCUT2D eigenvalue weighted by Gasteiger charge is -2.12. The maximum atomic E-state index is 12.7. The number of carbonyl (C=O) groups excluding carboxylic acids is 1. The van der Waals surface area contributed by atoms with Crippen LogP contribution in [0.2, 0.25) is 0 Å². The Hall–Kier alpha value is -3.56. The number of nitriles is 1. The van der Waals surface area contributed by atoms with Crippen molar-refractivity contribution in [3.63, 3.8) is 0 Å². The Kier molecular flexibility index (Phi) is 7.69. The molecule has 0 bridgehead atoms. The van der Waals surface area contributed by atoms with Gasteiger partial charge in [0.2, 0.25) is 0 Å². The van der Waals surface area contributed by atoms with Crippen molar-refractivity contribution in [3.8, 4) is 17.6 Å². The first-order valence-electron chi connectivity index (χ1n) is 9.94. The van der Waals surface area contributed by atoms with Crippen LogP contribution < -0.4 is 14.8 Å². The molecule has 0 fully saturated rings. The number of rotatable bonds is 7. The van der Waals surface area contributed by atoms with E-state index in [1.54, 1.807) is 31.4 Å². The van der Waals surface area contributed by atoms with Gasteiger partial charge in [0, 0.05) is 15.7 Å². The van der Waals surface area contributed by atoms with Crippen molar-refractivity contribution >= 4 is 33.6 Å². The Labute approximate surface area is 196 Å². The van der Waals surface area contributed by atoms with Crippen LogP contribution in [-0.4, -0.2) is 13.0 Å². The predicted molar refractivity (Wildman–Crippen MR) is 130 cm³/mol. The van der Waals surface area contributed by atoms with Gasteiger partial charge in [-0.1, -0.05) is 45.3 Å². The molecule has 3 aromatic rings. The zero-order chi connectivity index (χ0) is 23.1. The summed E-state index contributed by atoms with van der Waals surface area (Å²) in [5.74, 6) is 0.758. The Morgan fingerprint density at radius 1 is 1.06 bits per heavy atom. The lowest BCUT2D eigenvalue weighted by Crippen LogP contribution is -2.13. The Bertz CT molecular complexity index is 1170. The molecule has 0 heterocycles. The van der Waals surface area contributed by atoms with E-state index in [-0.39, 0.29) is 5.57 Å². The van der Waals surface area contributed by atoms with Crippen LogP contribution in [0.3, 0.4) is 0 Å². The van der Waals surface area contributed by atoms with Crippen LogP contribution in [0.25, 0.3) is 6.08 Å². The molecule has 6 heteroatoms. The van der Waals surface area contributed by atoms with Crippen molar-refractivity contribution in [2.24, 2.45) is 0 Å². The zero-order valence-corrected chi connectivity index (χ0v) is 19.7. The third-order valence-corrected chi connectivity index (χ3v) is 5.15. The van der Waals surface area contributed by atoms with Crippen LogP contribution in [0.4, 0.5) is 5.69 Å². The van der Waals surface area contributed by atoms with Gasteiger partial charge in [0.25, 0.3) is 5.91 Å². The number of carbonyl (C=O) groups is 1. The van der Waals surface area contributed by atoms with Gasteiger partial charge in [-0.3, -0.25) is 4.79 Å². The summed E-state index contributed by atoms with van der Waals surface area (Å²) < 4.78 is 12.0. The predicted octanol–water partition coefficient (Wildman–Crippen LogP) is 6.20. The van der Waals surface area contributed by atoms with Crippen molar-refractivity contribution in [2.75, 3.05) is 12.4 Å². The van der Waals surface area contributed by atoms with Crippen LogP contribution in [-0.2, 0) is 11.4 Å². The van der Waals surface area contributed by atoms with E-state index < -0.39 is 5.91 Å². The van der Waals surface area contributed by atoms with Gasteiger partial charge in [0.15, 0.2) is 0 Å². The average Bonchev–Trinajstić information content (AvgIpc) is 2.76. The fourth-order valence-electron chi connectivity index (χ4n) is 3.25. The van der Waals surface area contributed by atoms with E-state index in [9.17, 15) is 10.1 Å². The molecule has 0 spiro atoms. The average molecular weight is 491 g/mol. The Balaban J connectivity index is 1.82. The first-order chi connectivity index (χ1) is 15.4. The molecule has 1 N–H and O–H groups in total. The molecule has 0 saturated heterocycles. The second kappa shape index (κ2) is 10.7. The normalized spacial score (nSPS) is 10.9. The van der Waals surface area contributed by atoms with Crippen LogP contribution in [0.15, 0.2) is 70.7 Å². The summed E-state index contributed by atoms with van der Waals surface area (Å²) >= 11 is 3.45. The molecule has 0 saturated carbocycles. The standard InChI is InChI=1S/C26H23BrN2O3/c1-17-10-18(2)12-19(11-17)16-32-25-9-4-22(27)14-20(25)13-21(15-28)26(30)29-23-5-7-24(31-3)8-6-23/h4-14H,16H2,1-3H3,(H,29,30)/b21-13+. The lowest BCUT2D eigenvalue weighted by molar-refractivity contribution is -0.112. The molecule has 0 aliphatic rings. The van der Waals surface area contributed by atoms with E-state index in [2.05, 4.69) is 39.4 Å². The number of hydrogen-bond donors (Lipinski definition) is 1. The van der Waals surface area contributed by atoms with Crippen LogP contribution in [0.1, 0.15) is 22.3 Å². The number of nitrogens with zero attached hydrogens (tertiary/aromatic N) is 1. The molecule has 3 aromatic carbocycles. The van der Waals surface area contributed by atoms with E-state index in [1.165, 1.54) is 17.2 Å². The number of amides is 1. The minimum Gasteiger partial charge on any atom is -0.497 e. The van der Waals surface area contributed by atoms with Crippen molar-refractivity contribution < 1.29 is 14.3 Å². The van der Waals surface area contributed by atoms with Gasteiger partial charge >= 0.3 is 0 Å². The van der Waals surface area contributed by atoms with Gasteiger partial charge in [-0.2, -0.15) is 5.26 Å². The largest absolute Gasteiger partial charge is 0.497 e. The van der Waals surface area contributed by atoms with Crippen molar-refractivity contribution in [3.05, 3.63) is 93.0 Å². The van der Waals surface area contributed by atoms with E-state index in [1.807, 2.05) is 38.1 Å². The molecule has 32 heavy (non-hydrogen) atoms. The number of anilines is 1. The molecule has 0 aromatic heterocycles. The van der Waals surface area contributed by atoms with Crippen molar-refractivity contribution in [1.82, 2.24) is 0 Å². The maximum absolute atomic E-state index is 12.7. The maximum Gasteiger partial charge on any atom is 0.266 e. The summed E-state index contributed by atoms with van der Waals surface area (Å²) in [5, 5.41) is 12.3. The monoisotopic (exact) mass is 490 g/mol. The third kappa shape index (κ3) is 6.22. The molecule has 3 rings (SSSR count). The molecule has 0 aliphatic heterocycles. The van der Waals surface area contributed by atoms with E-state index in [4.69, 9.17) is 9.47 Å². The van der Waals surface area contributed by atoms with E-state index in [0.29, 0.717) is 29.4 Å². The highest BCUT2D eigenvalue weighted by atomic mass is 79.9. The first-order valence-corrected chi connectivity index (χ1v) is 10.7.